The lowest BCUT2D eigenvalue weighted by Gasteiger charge is -2.15. The van der Waals surface area contributed by atoms with Gasteiger partial charge in [-0.1, -0.05) is 78.1 Å². The van der Waals surface area contributed by atoms with Crippen molar-refractivity contribution in [3.05, 3.63) is 140 Å². The van der Waals surface area contributed by atoms with Crippen LogP contribution in [0.4, 0.5) is 8.78 Å². The molecule has 4 rings (SSSR count). The maximum atomic E-state index is 14.3. The Hall–Kier alpha value is -2.60. The Morgan fingerprint density at radius 3 is 1.57 bits per heavy atom. The molecule has 0 amide bonds. The highest BCUT2D eigenvalue weighted by Gasteiger charge is 2.17. The first-order chi connectivity index (χ1) is 22.1. The van der Waals surface area contributed by atoms with Crippen LogP contribution in [-0.4, -0.2) is 53.8 Å². The van der Waals surface area contributed by atoms with Gasteiger partial charge in [-0.2, -0.15) is 0 Å². The topological polar surface area (TPSA) is 62.2 Å². The zero-order valence-corrected chi connectivity index (χ0v) is 30.3. The highest BCUT2D eigenvalue weighted by atomic mass is 79.9. The summed E-state index contributed by atoms with van der Waals surface area (Å²) < 4.78 is 41.3. The summed E-state index contributed by atoms with van der Waals surface area (Å²) in [4.78, 5) is 2.13. The molecule has 2 atom stereocenters. The third-order valence-electron chi connectivity index (χ3n) is 6.84. The summed E-state index contributed by atoms with van der Waals surface area (Å²) in [6, 6.07) is 23.4. The van der Waals surface area contributed by atoms with E-state index in [4.69, 9.17) is 9.47 Å². The van der Waals surface area contributed by atoms with Gasteiger partial charge in [0.2, 0.25) is 0 Å². The van der Waals surface area contributed by atoms with Crippen LogP contribution in [0, 0.1) is 11.6 Å². The van der Waals surface area contributed by atoms with E-state index in [0.29, 0.717) is 35.8 Å². The molecule has 4 aromatic carbocycles. The molecule has 10 heteroatoms. The van der Waals surface area contributed by atoms with Crippen molar-refractivity contribution < 1.29 is 28.5 Å². The molecule has 5 nitrogen and oxygen atoms in total. The number of nitrogens with zero attached hydrogens (tertiary/aromatic N) is 1. The smallest absolute Gasteiger partial charge is 0.133 e. The normalized spacial score (nSPS) is 12.2. The number of ether oxygens (including phenoxy) is 2. The number of alkyl halides is 1. The van der Waals surface area contributed by atoms with E-state index in [1.54, 1.807) is 48.5 Å². The minimum Gasteiger partial charge on any atom is -0.493 e. The van der Waals surface area contributed by atoms with Crippen molar-refractivity contribution >= 4 is 47.8 Å². The highest BCUT2D eigenvalue weighted by molar-refractivity contribution is 9.10. The largest absolute Gasteiger partial charge is 0.493 e. The molecule has 0 heterocycles. The molecule has 0 aliphatic heterocycles. The van der Waals surface area contributed by atoms with Crippen LogP contribution in [0.5, 0.6) is 11.5 Å². The minimum atomic E-state index is -1.00. The summed E-state index contributed by atoms with van der Waals surface area (Å²) >= 11 is 9.98. The lowest BCUT2D eigenvalue weighted by molar-refractivity contribution is 0.214. The van der Waals surface area contributed by atoms with Crippen LogP contribution >= 0.6 is 47.8 Å². The Bertz CT molecular complexity index is 1510. The highest BCUT2D eigenvalue weighted by Crippen LogP contribution is 2.29. The number of aliphatic hydroxyl groups is 2. The molecule has 0 saturated carbocycles. The molecule has 0 aromatic heterocycles. The van der Waals surface area contributed by atoms with E-state index in [9.17, 15) is 19.0 Å². The average Bonchev–Trinajstić information content (AvgIpc) is 3.04. The zero-order chi connectivity index (χ0) is 33.5. The van der Waals surface area contributed by atoms with E-state index >= 15 is 0 Å². The molecule has 0 spiro atoms. The SMILES string of the molecule is C=CCN(C)CCCOc1ccc(C(O)c2ccc(Br)cc2)c(F)c1.OC(c1ccc(Br)cc1)c1ccc(OCCCBr)cc1F. The number of likely N-dealkylation sites (N-methyl/N-ethyl adjacent to an activating group) is 1. The number of halogens is 5. The molecule has 246 valence electrons. The third kappa shape index (κ3) is 12.2. The first-order valence-corrected chi connectivity index (χ1v) is 17.4. The lowest BCUT2D eigenvalue weighted by atomic mass is 10.0. The maximum Gasteiger partial charge on any atom is 0.133 e. The third-order valence-corrected chi connectivity index (χ3v) is 8.46. The number of aliphatic hydroxyl groups excluding tert-OH is 2. The zero-order valence-electron chi connectivity index (χ0n) is 25.5. The monoisotopic (exact) mass is 823 g/mol. The molecular weight excluding hydrogens is 788 g/mol. The van der Waals surface area contributed by atoms with Gasteiger partial charge in [0.25, 0.3) is 0 Å². The second-order valence-electron chi connectivity index (χ2n) is 10.4. The molecule has 0 fully saturated rings. The Kier molecular flexibility index (Phi) is 16.4. The van der Waals surface area contributed by atoms with E-state index in [1.807, 2.05) is 37.4 Å². The Morgan fingerprint density at radius 2 is 1.17 bits per heavy atom. The molecule has 2 N–H and O–H groups in total. The summed E-state index contributed by atoms with van der Waals surface area (Å²) in [5, 5.41) is 21.5. The summed E-state index contributed by atoms with van der Waals surface area (Å²) in [5.41, 5.74) is 1.76. The van der Waals surface area contributed by atoms with Crippen molar-refractivity contribution in [1.29, 1.82) is 0 Å². The molecular formula is C36H38Br3F2NO4. The van der Waals surface area contributed by atoms with Gasteiger partial charge < -0.3 is 24.6 Å². The summed E-state index contributed by atoms with van der Waals surface area (Å²) in [6.45, 7) is 6.45. The minimum absolute atomic E-state index is 0.236. The quantitative estimate of drug-likeness (QED) is 0.0711. The van der Waals surface area contributed by atoms with Crippen molar-refractivity contribution in [2.75, 3.05) is 38.7 Å². The fourth-order valence-electron chi connectivity index (χ4n) is 4.37. The number of rotatable bonds is 15. The Balaban J connectivity index is 0.000000254. The van der Waals surface area contributed by atoms with Gasteiger partial charge >= 0.3 is 0 Å². The summed E-state index contributed by atoms with van der Waals surface area (Å²) in [7, 11) is 2.01. The van der Waals surface area contributed by atoms with Crippen LogP contribution in [0.1, 0.15) is 47.3 Å². The van der Waals surface area contributed by atoms with Crippen LogP contribution in [0.25, 0.3) is 0 Å². The van der Waals surface area contributed by atoms with Gasteiger partial charge in [-0.3, -0.25) is 0 Å². The first-order valence-electron chi connectivity index (χ1n) is 14.7. The second-order valence-corrected chi connectivity index (χ2v) is 13.0. The molecule has 0 aliphatic carbocycles. The van der Waals surface area contributed by atoms with Crippen molar-refractivity contribution in [2.24, 2.45) is 0 Å². The number of hydrogen-bond donors (Lipinski definition) is 2. The van der Waals surface area contributed by atoms with Crippen LogP contribution in [0.3, 0.4) is 0 Å². The van der Waals surface area contributed by atoms with E-state index in [2.05, 4.69) is 59.3 Å². The predicted molar refractivity (Wildman–Crippen MR) is 191 cm³/mol. The Morgan fingerprint density at radius 1 is 0.739 bits per heavy atom. The number of benzene rings is 4. The van der Waals surface area contributed by atoms with Crippen molar-refractivity contribution in [2.45, 2.75) is 25.0 Å². The van der Waals surface area contributed by atoms with Gasteiger partial charge in [0.05, 0.1) is 13.2 Å². The molecule has 0 aliphatic rings. The second kappa shape index (κ2) is 19.9. The standard InChI is InChI=1S/C20H23BrFNO2.C16H15Br2FO2/c1-3-11-23(2)12-4-13-25-17-9-10-18(19(22)14-17)20(24)15-5-7-16(21)8-6-15;17-8-1-9-21-13-6-7-14(15(19)10-13)16(20)11-2-4-12(18)5-3-11/h3,5-10,14,20,24H,1,4,11-13H2,2H3;2-7,10,16,20H,1,8-9H2. The fraction of sp³-hybridized carbons (Fsp3) is 0.278. The fourth-order valence-corrected chi connectivity index (χ4v) is 5.13. The van der Waals surface area contributed by atoms with Crippen LogP contribution < -0.4 is 9.47 Å². The van der Waals surface area contributed by atoms with Gasteiger partial charge in [0, 0.05) is 50.6 Å². The van der Waals surface area contributed by atoms with Gasteiger partial charge in [-0.15, -0.1) is 6.58 Å². The first kappa shape index (κ1) is 37.9. The van der Waals surface area contributed by atoms with Gasteiger partial charge in [0.15, 0.2) is 0 Å². The predicted octanol–water partition coefficient (Wildman–Crippen LogP) is 9.39. The lowest BCUT2D eigenvalue weighted by Crippen LogP contribution is -2.21. The van der Waals surface area contributed by atoms with E-state index in [0.717, 1.165) is 40.2 Å². The molecule has 2 unspecified atom stereocenters. The van der Waals surface area contributed by atoms with Gasteiger partial charge in [-0.05, 0) is 79.5 Å². The van der Waals surface area contributed by atoms with E-state index in [1.165, 1.54) is 12.1 Å². The Labute approximate surface area is 295 Å². The van der Waals surface area contributed by atoms with Crippen molar-refractivity contribution in [3.8, 4) is 11.5 Å². The molecule has 46 heavy (non-hydrogen) atoms. The summed E-state index contributed by atoms with van der Waals surface area (Å²) in [5.74, 6) is -0.00529. The van der Waals surface area contributed by atoms with Gasteiger partial charge in [0.1, 0.15) is 35.3 Å². The summed E-state index contributed by atoms with van der Waals surface area (Å²) in [6.07, 6.45) is 1.55. The van der Waals surface area contributed by atoms with Crippen molar-refractivity contribution in [1.82, 2.24) is 4.90 Å². The average molecular weight is 826 g/mol. The van der Waals surface area contributed by atoms with Crippen LogP contribution in [0.15, 0.2) is 107 Å². The van der Waals surface area contributed by atoms with Crippen LogP contribution in [0.2, 0.25) is 0 Å². The molecule has 0 saturated heterocycles. The van der Waals surface area contributed by atoms with Gasteiger partial charge in [-0.25, -0.2) is 8.78 Å². The van der Waals surface area contributed by atoms with E-state index in [-0.39, 0.29) is 11.1 Å². The number of hydrogen-bond acceptors (Lipinski definition) is 5. The molecule has 4 aromatic rings. The van der Waals surface area contributed by atoms with Crippen molar-refractivity contribution in [3.63, 3.8) is 0 Å². The van der Waals surface area contributed by atoms with Crippen LogP contribution in [-0.2, 0) is 0 Å². The molecule has 0 bridgehead atoms. The molecule has 0 radical (unpaired) electrons. The van der Waals surface area contributed by atoms with E-state index < -0.39 is 23.8 Å². The maximum absolute atomic E-state index is 14.3.